The summed E-state index contributed by atoms with van der Waals surface area (Å²) in [6, 6.07) is 8.83. The highest BCUT2D eigenvalue weighted by Gasteiger charge is 2.47. The fourth-order valence-electron chi connectivity index (χ4n) is 3.20. The second-order valence-corrected chi connectivity index (χ2v) is 6.16. The van der Waals surface area contributed by atoms with Gasteiger partial charge in [-0.05, 0) is 24.5 Å². The van der Waals surface area contributed by atoms with Crippen LogP contribution in [0.1, 0.15) is 37.2 Å². The van der Waals surface area contributed by atoms with Crippen molar-refractivity contribution in [2.45, 2.75) is 41.2 Å². The van der Waals surface area contributed by atoms with Crippen LogP contribution in [0.5, 0.6) is 0 Å². The minimum Gasteiger partial charge on any atom is -0.330 e. The molecule has 1 heterocycles. The molecule has 1 fully saturated rings. The van der Waals surface area contributed by atoms with Crippen molar-refractivity contribution in [2.75, 3.05) is 6.54 Å². The second-order valence-electron chi connectivity index (χ2n) is 4.70. The molecule has 80 valence electrons. The Morgan fingerprint density at radius 1 is 1.27 bits per heavy atom. The molecule has 1 nitrogen and oxygen atoms in total. The van der Waals surface area contributed by atoms with E-state index in [0.29, 0.717) is 10.7 Å². The molecule has 0 radical (unpaired) electrons. The first kappa shape index (κ1) is 9.73. The Morgan fingerprint density at radius 2 is 2.00 bits per heavy atom. The van der Waals surface area contributed by atoms with Crippen LogP contribution < -0.4 is 5.73 Å². The van der Waals surface area contributed by atoms with Crippen LogP contribution in [0.4, 0.5) is 0 Å². The molecule has 0 bridgehead atoms. The SMILES string of the molecule is NCC1c2ccccc2SC12CCCC2. The van der Waals surface area contributed by atoms with Gasteiger partial charge in [0, 0.05) is 22.1 Å². The summed E-state index contributed by atoms with van der Waals surface area (Å²) in [5.41, 5.74) is 7.50. The third-order valence-electron chi connectivity index (χ3n) is 3.93. The third kappa shape index (κ3) is 1.35. The van der Waals surface area contributed by atoms with Gasteiger partial charge >= 0.3 is 0 Å². The van der Waals surface area contributed by atoms with Crippen LogP contribution in [0.15, 0.2) is 29.2 Å². The molecule has 1 atom stereocenters. The molecule has 0 amide bonds. The van der Waals surface area contributed by atoms with Crippen molar-refractivity contribution < 1.29 is 0 Å². The van der Waals surface area contributed by atoms with E-state index < -0.39 is 0 Å². The van der Waals surface area contributed by atoms with E-state index in [9.17, 15) is 0 Å². The van der Waals surface area contributed by atoms with Gasteiger partial charge in [0.15, 0.2) is 0 Å². The van der Waals surface area contributed by atoms with Crippen LogP contribution in [0.25, 0.3) is 0 Å². The van der Waals surface area contributed by atoms with Gasteiger partial charge in [-0.2, -0.15) is 0 Å². The molecular weight excluding hydrogens is 202 g/mol. The Morgan fingerprint density at radius 3 is 2.73 bits per heavy atom. The number of fused-ring (bicyclic) bond motifs is 1. The Hall–Kier alpha value is -0.470. The Kier molecular flexibility index (Phi) is 2.29. The lowest BCUT2D eigenvalue weighted by Gasteiger charge is -2.29. The van der Waals surface area contributed by atoms with Crippen LogP contribution in [0.3, 0.4) is 0 Å². The number of rotatable bonds is 1. The van der Waals surface area contributed by atoms with E-state index in [2.05, 4.69) is 36.0 Å². The molecule has 2 heteroatoms. The predicted molar refractivity (Wildman–Crippen MR) is 65.3 cm³/mol. The largest absolute Gasteiger partial charge is 0.330 e. The monoisotopic (exact) mass is 219 g/mol. The highest BCUT2D eigenvalue weighted by molar-refractivity contribution is 8.01. The summed E-state index contributed by atoms with van der Waals surface area (Å²) in [6.07, 6.45) is 5.48. The van der Waals surface area contributed by atoms with E-state index in [1.807, 2.05) is 0 Å². The molecule has 1 saturated carbocycles. The molecule has 3 rings (SSSR count). The predicted octanol–water partition coefficient (Wildman–Crippen LogP) is 3.15. The normalized spacial score (nSPS) is 27.1. The van der Waals surface area contributed by atoms with E-state index in [4.69, 9.17) is 5.73 Å². The maximum Gasteiger partial charge on any atom is 0.0288 e. The molecule has 1 spiro atoms. The van der Waals surface area contributed by atoms with Crippen molar-refractivity contribution >= 4 is 11.8 Å². The first-order valence-electron chi connectivity index (χ1n) is 5.84. The smallest absolute Gasteiger partial charge is 0.0288 e. The van der Waals surface area contributed by atoms with E-state index >= 15 is 0 Å². The number of benzene rings is 1. The van der Waals surface area contributed by atoms with Gasteiger partial charge in [0.05, 0.1) is 0 Å². The van der Waals surface area contributed by atoms with Crippen LogP contribution >= 0.6 is 11.8 Å². The number of nitrogens with two attached hydrogens (primary N) is 1. The van der Waals surface area contributed by atoms with Crippen molar-refractivity contribution in [1.29, 1.82) is 0 Å². The van der Waals surface area contributed by atoms with Gasteiger partial charge in [-0.25, -0.2) is 0 Å². The lowest BCUT2D eigenvalue weighted by molar-refractivity contribution is 0.499. The highest BCUT2D eigenvalue weighted by Crippen LogP contribution is 2.59. The molecule has 0 aromatic heterocycles. The molecule has 1 aromatic rings. The molecule has 1 aliphatic heterocycles. The van der Waals surface area contributed by atoms with Crippen molar-refractivity contribution in [3.05, 3.63) is 29.8 Å². The summed E-state index contributed by atoms with van der Waals surface area (Å²) in [5, 5.41) is 0. The Balaban J connectivity index is 2.04. The standard InChI is InChI=1S/C13H17NS/c14-9-11-10-5-1-2-6-12(10)15-13(11)7-3-4-8-13/h1-2,5-6,11H,3-4,7-9,14H2. The first-order chi connectivity index (χ1) is 7.36. The third-order valence-corrected chi connectivity index (χ3v) is 5.62. The minimum atomic E-state index is 0.457. The fraction of sp³-hybridized carbons (Fsp3) is 0.538. The summed E-state index contributed by atoms with van der Waals surface area (Å²) in [7, 11) is 0. The van der Waals surface area contributed by atoms with Crippen LogP contribution in [0, 0.1) is 0 Å². The van der Waals surface area contributed by atoms with E-state index in [1.165, 1.54) is 36.1 Å². The van der Waals surface area contributed by atoms with Gasteiger partial charge in [0.1, 0.15) is 0 Å². The molecule has 15 heavy (non-hydrogen) atoms. The van der Waals surface area contributed by atoms with Crippen molar-refractivity contribution in [3.63, 3.8) is 0 Å². The lowest BCUT2D eigenvalue weighted by Crippen LogP contribution is -2.30. The minimum absolute atomic E-state index is 0.457. The number of hydrogen-bond acceptors (Lipinski definition) is 2. The molecule has 1 aromatic carbocycles. The number of thioether (sulfide) groups is 1. The molecular formula is C13H17NS. The highest BCUT2D eigenvalue weighted by atomic mass is 32.2. The summed E-state index contributed by atoms with van der Waals surface area (Å²) in [5.74, 6) is 0.598. The van der Waals surface area contributed by atoms with Gasteiger partial charge in [-0.3, -0.25) is 0 Å². The van der Waals surface area contributed by atoms with Crippen LogP contribution in [0.2, 0.25) is 0 Å². The van der Waals surface area contributed by atoms with Crippen LogP contribution in [-0.2, 0) is 0 Å². The maximum atomic E-state index is 5.99. The van der Waals surface area contributed by atoms with Gasteiger partial charge in [0.25, 0.3) is 0 Å². The maximum absolute atomic E-state index is 5.99. The number of hydrogen-bond donors (Lipinski definition) is 1. The Bertz CT molecular complexity index is 369. The molecule has 2 N–H and O–H groups in total. The Labute approximate surface area is 95.4 Å². The van der Waals surface area contributed by atoms with Gasteiger partial charge in [-0.1, -0.05) is 31.0 Å². The average Bonchev–Trinajstić information content (AvgIpc) is 2.83. The second kappa shape index (κ2) is 3.53. The molecule has 0 saturated heterocycles. The van der Waals surface area contributed by atoms with E-state index in [-0.39, 0.29) is 0 Å². The van der Waals surface area contributed by atoms with Gasteiger partial charge in [0.2, 0.25) is 0 Å². The first-order valence-corrected chi connectivity index (χ1v) is 6.65. The topological polar surface area (TPSA) is 26.0 Å². The molecule has 1 aliphatic carbocycles. The van der Waals surface area contributed by atoms with Crippen LogP contribution in [-0.4, -0.2) is 11.3 Å². The zero-order chi connectivity index (χ0) is 10.3. The van der Waals surface area contributed by atoms with E-state index in [0.717, 1.165) is 6.54 Å². The van der Waals surface area contributed by atoms with Gasteiger partial charge < -0.3 is 5.73 Å². The quantitative estimate of drug-likeness (QED) is 0.785. The fourth-order valence-corrected chi connectivity index (χ4v) is 4.97. The zero-order valence-electron chi connectivity index (χ0n) is 8.91. The summed E-state index contributed by atoms with van der Waals surface area (Å²) in [4.78, 5) is 1.48. The molecule has 2 aliphatic rings. The molecule has 1 unspecified atom stereocenters. The lowest BCUT2D eigenvalue weighted by atomic mass is 9.84. The van der Waals surface area contributed by atoms with E-state index in [1.54, 1.807) is 0 Å². The van der Waals surface area contributed by atoms with Crippen molar-refractivity contribution in [1.82, 2.24) is 0 Å². The summed E-state index contributed by atoms with van der Waals surface area (Å²) in [6.45, 7) is 0.810. The van der Waals surface area contributed by atoms with Gasteiger partial charge in [-0.15, -0.1) is 11.8 Å². The summed E-state index contributed by atoms with van der Waals surface area (Å²) >= 11 is 2.10. The van der Waals surface area contributed by atoms with Crippen molar-refractivity contribution in [2.24, 2.45) is 5.73 Å². The summed E-state index contributed by atoms with van der Waals surface area (Å²) < 4.78 is 0.457. The average molecular weight is 219 g/mol. The van der Waals surface area contributed by atoms with Crippen molar-refractivity contribution in [3.8, 4) is 0 Å². The zero-order valence-corrected chi connectivity index (χ0v) is 9.72.